The zero-order valence-corrected chi connectivity index (χ0v) is 15.0. The minimum atomic E-state index is 0.366. The fraction of sp³-hybridized carbons (Fsp3) is 0.235. The molecule has 0 aliphatic carbocycles. The minimum absolute atomic E-state index is 0.366. The molecule has 0 aromatic heterocycles. The Morgan fingerprint density at radius 2 is 1.73 bits per heavy atom. The lowest BCUT2D eigenvalue weighted by Gasteiger charge is -2.12. The van der Waals surface area contributed by atoms with Gasteiger partial charge in [0.05, 0.1) is 4.47 Å². The van der Waals surface area contributed by atoms with Crippen LogP contribution in [0.15, 0.2) is 40.9 Å². The lowest BCUT2D eigenvalue weighted by Crippen LogP contribution is -2.11. The third-order valence-electron chi connectivity index (χ3n) is 3.16. The van der Waals surface area contributed by atoms with Crippen molar-refractivity contribution >= 4 is 33.1 Å². The Balaban J connectivity index is 1.89. The van der Waals surface area contributed by atoms with Crippen molar-refractivity contribution in [2.75, 3.05) is 13.2 Å². The summed E-state index contributed by atoms with van der Waals surface area (Å²) in [7, 11) is 0. The molecule has 0 atom stereocenters. The summed E-state index contributed by atoms with van der Waals surface area (Å²) in [6.45, 7) is 5.01. The molecule has 0 saturated heterocycles. The summed E-state index contributed by atoms with van der Waals surface area (Å²) in [5.74, 6) is 1.64. The van der Waals surface area contributed by atoms with Crippen LogP contribution in [0.5, 0.6) is 11.5 Å². The van der Waals surface area contributed by atoms with Gasteiger partial charge in [0.25, 0.3) is 0 Å². The molecule has 5 heteroatoms. The number of hydrogen-bond donors (Lipinski definition) is 1. The SMILES string of the molecule is Cc1ccc(C)c(OCCOc2ccc(C(N)=S)cc2Br)c1. The monoisotopic (exact) mass is 379 g/mol. The molecule has 0 radical (unpaired) electrons. The molecule has 0 unspecified atom stereocenters. The van der Waals surface area contributed by atoms with Gasteiger partial charge in [-0.25, -0.2) is 0 Å². The van der Waals surface area contributed by atoms with Crippen LogP contribution in [0, 0.1) is 13.8 Å². The number of rotatable bonds is 6. The second-order valence-corrected chi connectivity index (χ2v) is 6.27. The van der Waals surface area contributed by atoms with Gasteiger partial charge in [0, 0.05) is 5.56 Å². The van der Waals surface area contributed by atoms with Gasteiger partial charge in [0.15, 0.2) is 0 Å². The molecule has 2 aromatic carbocycles. The smallest absolute Gasteiger partial charge is 0.133 e. The number of nitrogens with two attached hydrogens (primary N) is 1. The van der Waals surface area contributed by atoms with Crippen LogP contribution in [-0.4, -0.2) is 18.2 Å². The second-order valence-electron chi connectivity index (χ2n) is 4.98. The van der Waals surface area contributed by atoms with E-state index in [-0.39, 0.29) is 0 Å². The van der Waals surface area contributed by atoms with Crippen molar-refractivity contribution < 1.29 is 9.47 Å². The Morgan fingerprint density at radius 1 is 1.05 bits per heavy atom. The van der Waals surface area contributed by atoms with Crippen LogP contribution in [-0.2, 0) is 0 Å². The summed E-state index contributed by atoms with van der Waals surface area (Å²) >= 11 is 8.40. The summed E-state index contributed by atoms with van der Waals surface area (Å²) in [5, 5.41) is 0. The Labute approximate surface area is 144 Å². The van der Waals surface area contributed by atoms with Crippen molar-refractivity contribution in [1.29, 1.82) is 0 Å². The highest BCUT2D eigenvalue weighted by Crippen LogP contribution is 2.26. The van der Waals surface area contributed by atoms with Gasteiger partial charge in [-0.05, 0) is 65.2 Å². The van der Waals surface area contributed by atoms with Gasteiger partial charge in [0.2, 0.25) is 0 Å². The van der Waals surface area contributed by atoms with E-state index in [1.165, 1.54) is 5.56 Å². The number of halogens is 1. The molecule has 2 aromatic rings. The minimum Gasteiger partial charge on any atom is -0.490 e. The maximum absolute atomic E-state index is 5.76. The molecule has 3 nitrogen and oxygen atoms in total. The van der Waals surface area contributed by atoms with Crippen molar-refractivity contribution in [3.05, 3.63) is 57.6 Å². The van der Waals surface area contributed by atoms with E-state index in [0.29, 0.717) is 18.2 Å². The first kappa shape index (κ1) is 16.8. The van der Waals surface area contributed by atoms with Gasteiger partial charge in [-0.1, -0.05) is 24.4 Å². The molecular weight excluding hydrogens is 362 g/mol. The van der Waals surface area contributed by atoms with E-state index in [1.807, 2.05) is 38.1 Å². The van der Waals surface area contributed by atoms with Crippen LogP contribution in [0.3, 0.4) is 0 Å². The topological polar surface area (TPSA) is 44.5 Å². The van der Waals surface area contributed by atoms with Crippen LogP contribution in [0.25, 0.3) is 0 Å². The van der Waals surface area contributed by atoms with E-state index < -0.39 is 0 Å². The highest BCUT2D eigenvalue weighted by atomic mass is 79.9. The van der Waals surface area contributed by atoms with E-state index in [0.717, 1.165) is 27.1 Å². The van der Waals surface area contributed by atoms with Gasteiger partial charge in [-0.15, -0.1) is 0 Å². The number of hydrogen-bond acceptors (Lipinski definition) is 3. The normalized spacial score (nSPS) is 10.3. The number of thiocarbonyl (C=S) groups is 1. The van der Waals surface area contributed by atoms with Gasteiger partial charge in [0.1, 0.15) is 29.7 Å². The molecule has 0 aliphatic rings. The first-order valence-corrected chi connectivity index (χ1v) is 8.09. The molecule has 2 rings (SSSR count). The van der Waals surface area contributed by atoms with Gasteiger partial charge < -0.3 is 15.2 Å². The van der Waals surface area contributed by atoms with Gasteiger partial charge in [-0.2, -0.15) is 0 Å². The fourth-order valence-electron chi connectivity index (χ4n) is 1.94. The Morgan fingerprint density at radius 3 is 2.36 bits per heavy atom. The average molecular weight is 380 g/mol. The van der Waals surface area contributed by atoms with Gasteiger partial charge >= 0.3 is 0 Å². The lowest BCUT2D eigenvalue weighted by atomic mass is 10.1. The highest BCUT2D eigenvalue weighted by molar-refractivity contribution is 9.10. The third kappa shape index (κ3) is 4.45. The average Bonchev–Trinajstić information content (AvgIpc) is 2.48. The maximum Gasteiger partial charge on any atom is 0.133 e. The number of benzene rings is 2. The van der Waals surface area contributed by atoms with Crippen molar-refractivity contribution in [2.45, 2.75) is 13.8 Å². The first-order valence-electron chi connectivity index (χ1n) is 6.89. The molecule has 0 spiro atoms. The first-order chi connectivity index (χ1) is 10.5. The number of aryl methyl sites for hydroxylation is 2. The van der Waals surface area contributed by atoms with Crippen molar-refractivity contribution in [3.8, 4) is 11.5 Å². The molecule has 0 amide bonds. The summed E-state index contributed by atoms with van der Waals surface area (Å²) in [4.78, 5) is 0.366. The predicted molar refractivity (Wildman–Crippen MR) is 96.9 cm³/mol. The predicted octanol–water partition coefficient (Wildman–Crippen LogP) is 4.16. The quantitative estimate of drug-likeness (QED) is 0.604. The lowest BCUT2D eigenvalue weighted by molar-refractivity contribution is 0.215. The van der Waals surface area contributed by atoms with E-state index in [9.17, 15) is 0 Å². The van der Waals surface area contributed by atoms with E-state index in [1.54, 1.807) is 0 Å². The Kier molecular flexibility index (Phi) is 5.80. The molecule has 2 N–H and O–H groups in total. The Bertz CT molecular complexity index is 688. The van der Waals surface area contributed by atoms with E-state index >= 15 is 0 Å². The fourth-order valence-corrected chi connectivity index (χ4v) is 2.56. The molecule has 116 valence electrons. The van der Waals surface area contributed by atoms with E-state index in [2.05, 4.69) is 28.1 Å². The van der Waals surface area contributed by atoms with Crippen LogP contribution in [0.2, 0.25) is 0 Å². The zero-order valence-electron chi connectivity index (χ0n) is 12.6. The maximum atomic E-state index is 5.76. The molecule has 0 heterocycles. The number of ether oxygens (including phenoxy) is 2. The molecule has 0 bridgehead atoms. The summed E-state index contributed by atoms with van der Waals surface area (Å²) < 4.78 is 12.3. The largest absolute Gasteiger partial charge is 0.490 e. The van der Waals surface area contributed by atoms with Crippen molar-refractivity contribution in [2.24, 2.45) is 5.73 Å². The highest BCUT2D eigenvalue weighted by Gasteiger charge is 2.05. The van der Waals surface area contributed by atoms with Crippen molar-refractivity contribution in [3.63, 3.8) is 0 Å². The second kappa shape index (κ2) is 7.61. The molecule has 0 fully saturated rings. The van der Waals surface area contributed by atoms with Crippen molar-refractivity contribution in [1.82, 2.24) is 0 Å². The standard InChI is InChI=1S/C17H18BrNO2S/c1-11-3-4-12(2)16(9-11)21-8-7-20-15-6-5-13(17(19)22)10-14(15)18/h3-6,9-10H,7-8H2,1-2H3,(H2,19,22). The molecule has 0 aliphatic heterocycles. The molecule has 0 saturated carbocycles. The summed E-state index contributed by atoms with van der Waals surface area (Å²) in [5.41, 5.74) is 8.70. The van der Waals surface area contributed by atoms with Crippen LogP contribution in [0.1, 0.15) is 16.7 Å². The Hall–Kier alpha value is -1.59. The zero-order chi connectivity index (χ0) is 16.1. The summed E-state index contributed by atoms with van der Waals surface area (Å²) in [6.07, 6.45) is 0. The third-order valence-corrected chi connectivity index (χ3v) is 4.01. The van der Waals surface area contributed by atoms with E-state index in [4.69, 9.17) is 27.4 Å². The van der Waals surface area contributed by atoms with Gasteiger partial charge in [-0.3, -0.25) is 0 Å². The molecule has 22 heavy (non-hydrogen) atoms. The van der Waals surface area contributed by atoms with Crippen LogP contribution < -0.4 is 15.2 Å². The van der Waals surface area contributed by atoms with Crippen LogP contribution >= 0.6 is 28.1 Å². The van der Waals surface area contributed by atoms with Crippen LogP contribution in [0.4, 0.5) is 0 Å². The summed E-state index contributed by atoms with van der Waals surface area (Å²) in [6, 6.07) is 11.7. The molecular formula is C17H18BrNO2S.